The molecule has 1 aliphatic heterocycles. The summed E-state index contributed by atoms with van der Waals surface area (Å²) in [4.78, 5) is 5.82. The molecule has 1 saturated heterocycles. The average molecular weight is 226 g/mol. The molecule has 1 aromatic rings. The summed E-state index contributed by atoms with van der Waals surface area (Å²) in [6.45, 7) is 4.08. The first-order valence-corrected chi connectivity index (χ1v) is 5.82. The first-order chi connectivity index (χ1) is 7.25. The molecule has 0 bridgehead atoms. The summed E-state index contributed by atoms with van der Waals surface area (Å²) >= 11 is 5.89. The van der Waals surface area contributed by atoms with Gasteiger partial charge in [0.2, 0.25) is 0 Å². The summed E-state index contributed by atoms with van der Waals surface area (Å²) in [6.07, 6.45) is 3.78. The second kappa shape index (κ2) is 4.86. The van der Waals surface area contributed by atoms with Crippen LogP contribution in [0.25, 0.3) is 0 Å². The van der Waals surface area contributed by atoms with Crippen LogP contribution in [-0.2, 0) is 0 Å². The largest absolute Gasteiger partial charge is 0.406 e. The van der Waals surface area contributed by atoms with Crippen LogP contribution >= 0.6 is 11.6 Å². The molecule has 1 fully saturated rings. The van der Waals surface area contributed by atoms with Crippen molar-refractivity contribution in [2.75, 3.05) is 13.1 Å². The third-order valence-corrected chi connectivity index (χ3v) is 2.91. The Balaban J connectivity index is 2.03. The van der Waals surface area contributed by atoms with Gasteiger partial charge in [0.15, 0.2) is 0 Å². The first-order valence-electron chi connectivity index (χ1n) is 5.45. The standard InChI is InChI=1S/C12H16ClNO/c1-10-9-11(13)5-6-12(10)15-14-7-3-2-4-8-14/h5-6,9H,2-4,7-8H2,1H3. The van der Waals surface area contributed by atoms with Crippen molar-refractivity contribution in [3.05, 3.63) is 28.8 Å². The molecular weight excluding hydrogens is 210 g/mol. The Bertz CT molecular complexity index is 334. The van der Waals surface area contributed by atoms with Crippen LogP contribution in [0.1, 0.15) is 24.8 Å². The van der Waals surface area contributed by atoms with E-state index in [0.717, 1.165) is 29.4 Å². The highest BCUT2D eigenvalue weighted by molar-refractivity contribution is 6.30. The zero-order valence-electron chi connectivity index (χ0n) is 9.00. The van der Waals surface area contributed by atoms with E-state index < -0.39 is 0 Å². The lowest BCUT2D eigenvalue weighted by molar-refractivity contribution is -0.0725. The third kappa shape index (κ3) is 2.86. The Kier molecular flexibility index (Phi) is 3.49. The van der Waals surface area contributed by atoms with E-state index in [4.69, 9.17) is 16.4 Å². The van der Waals surface area contributed by atoms with E-state index in [1.807, 2.05) is 30.2 Å². The van der Waals surface area contributed by atoms with Crippen LogP contribution in [0.3, 0.4) is 0 Å². The van der Waals surface area contributed by atoms with Gasteiger partial charge in [-0.05, 0) is 43.5 Å². The van der Waals surface area contributed by atoms with Gasteiger partial charge in [-0.3, -0.25) is 0 Å². The minimum absolute atomic E-state index is 0.762. The van der Waals surface area contributed by atoms with Crippen LogP contribution in [0, 0.1) is 6.92 Å². The Morgan fingerprint density at radius 1 is 1.20 bits per heavy atom. The highest BCUT2D eigenvalue weighted by Crippen LogP contribution is 2.23. The maximum atomic E-state index is 5.89. The summed E-state index contributed by atoms with van der Waals surface area (Å²) in [6, 6.07) is 5.74. The van der Waals surface area contributed by atoms with Gasteiger partial charge >= 0.3 is 0 Å². The van der Waals surface area contributed by atoms with Crippen LogP contribution < -0.4 is 4.84 Å². The zero-order valence-corrected chi connectivity index (χ0v) is 9.76. The lowest BCUT2D eigenvalue weighted by Crippen LogP contribution is -2.33. The van der Waals surface area contributed by atoms with E-state index in [0.29, 0.717) is 0 Å². The van der Waals surface area contributed by atoms with Crippen LogP contribution in [0.2, 0.25) is 5.02 Å². The molecular formula is C12H16ClNO. The number of hydroxylamine groups is 2. The molecule has 1 aromatic carbocycles. The topological polar surface area (TPSA) is 12.5 Å². The predicted octanol–water partition coefficient (Wildman–Crippen LogP) is 3.43. The average Bonchev–Trinajstić information content (AvgIpc) is 2.24. The quantitative estimate of drug-likeness (QED) is 0.765. The Hall–Kier alpha value is -0.730. The van der Waals surface area contributed by atoms with E-state index in [1.54, 1.807) is 0 Å². The zero-order chi connectivity index (χ0) is 10.7. The van der Waals surface area contributed by atoms with E-state index in [1.165, 1.54) is 19.3 Å². The number of hydrogen-bond donors (Lipinski definition) is 0. The molecule has 0 aromatic heterocycles. The fraction of sp³-hybridized carbons (Fsp3) is 0.500. The third-order valence-electron chi connectivity index (χ3n) is 2.68. The normalized spacial score (nSPS) is 17.7. The fourth-order valence-corrected chi connectivity index (χ4v) is 2.04. The van der Waals surface area contributed by atoms with Crippen molar-refractivity contribution in [2.24, 2.45) is 0 Å². The highest BCUT2D eigenvalue weighted by atomic mass is 35.5. The summed E-state index contributed by atoms with van der Waals surface area (Å²) < 4.78 is 0. The Labute approximate surface area is 95.7 Å². The maximum Gasteiger partial charge on any atom is 0.150 e. The maximum absolute atomic E-state index is 5.89. The molecule has 2 rings (SSSR count). The molecule has 0 atom stereocenters. The van der Waals surface area contributed by atoms with Crippen LogP contribution in [0.15, 0.2) is 18.2 Å². The van der Waals surface area contributed by atoms with E-state index in [9.17, 15) is 0 Å². The minimum Gasteiger partial charge on any atom is -0.406 e. The van der Waals surface area contributed by atoms with Gasteiger partial charge in [0.1, 0.15) is 5.75 Å². The highest BCUT2D eigenvalue weighted by Gasteiger charge is 2.12. The summed E-state index contributed by atoms with van der Waals surface area (Å²) in [5, 5.41) is 2.80. The second-order valence-electron chi connectivity index (χ2n) is 3.99. The number of halogens is 1. The van der Waals surface area contributed by atoms with E-state index >= 15 is 0 Å². The summed E-state index contributed by atoms with van der Waals surface area (Å²) in [5.74, 6) is 0.918. The molecule has 0 N–H and O–H groups in total. The van der Waals surface area contributed by atoms with Crippen molar-refractivity contribution < 1.29 is 4.84 Å². The second-order valence-corrected chi connectivity index (χ2v) is 4.43. The van der Waals surface area contributed by atoms with Gasteiger partial charge in [0.05, 0.1) is 0 Å². The molecule has 15 heavy (non-hydrogen) atoms. The molecule has 0 spiro atoms. The Morgan fingerprint density at radius 2 is 1.93 bits per heavy atom. The van der Waals surface area contributed by atoms with Crippen molar-refractivity contribution in [1.82, 2.24) is 5.06 Å². The predicted molar refractivity (Wildman–Crippen MR) is 62.2 cm³/mol. The Morgan fingerprint density at radius 3 is 2.60 bits per heavy atom. The molecule has 2 nitrogen and oxygen atoms in total. The number of rotatable bonds is 2. The van der Waals surface area contributed by atoms with Gasteiger partial charge in [0.25, 0.3) is 0 Å². The smallest absolute Gasteiger partial charge is 0.150 e. The van der Waals surface area contributed by atoms with Gasteiger partial charge in [-0.15, -0.1) is 5.06 Å². The van der Waals surface area contributed by atoms with Gasteiger partial charge in [-0.2, -0.15) is 0 Å². The molecule has 82 valence electrons. The van der Waals surface area contributed by atoms with Crippen molar-refractivity contribution >= 4 is 11.6 Å². The lowest BCUT2D eigenvalue weighted by Gasteiger charge is -2.26. The molecule has 3 heteroatoms. The number of nitrogens with zero attached hydrogens (tertiary/aromatic N) is 1. The SMILES string of the molecule is Cc1cc(Cl)ccc1ON1CCCCC1. The number of hydrogen-bond acceptors (Lipinski definition) is 2. The first kappa shape index (κ1) is 10.8. The van der Waals surface area contributed by atoms with Crippen LogP contribution in [0.4, 0.5) is 0 Å². The summed E-state index contributed by atoms with van der Waals surface area (Å²) in [5.41, 5.74) is 1.09. The van der Waals surface area contributed by atoms with Crippen molar-refractivity contribution in [3.8, 4) is 5.75 Å². The number of benzene rings is 1. The molecule has 0 amide bonds. The molecule has 0 radical (unpaired) electrons. The van der Waals surface area contributed by atoms with E-state index in [-0.39, 0.29) is 0 Å². The molecule has 1 aliphatic rings. The number of aryl methyl sites for hydroxylation is 1. The van der Waals surface area contributed by atoms with Gasteiger partial charge in [0, 0.05) is 18.1 Å². The van der Waals surface area contributed by atoms with Gasteiger partial charge in [-0.1, -0.05) is 18.0 Å². The number of piperidine rings is 1. The molecule has 0 unspecified atom stereocenters. The van der Waals surface area contributed by atoms with E-state index in [2.05, 4.69) is 0 Å². The molecule has 0 saturated carbocycles. The molecule has 1 heterocycles. The van der Waals surface area contributed by atoms with Crippen molar-refractivity contribution in [2.45, 2.75) is 26.2 Å². The van der Waals surface area contributed by atoms with Crippen molar-refractivity contribution in [3.63, 3.8) is 0 Å². The van der Waals surface area contributed by atoms with Gasteiger partial charge < -0.3 is 4.84 Å². The fourth-order valence-electron chi connectivity index (χ4n) is 1.81. The van der Waals surface area contributed by atoms with Crippen molar-refractivity contribution in [1.29, 1.82) is 0 Å². The monoisotopic (exact) mass is 225 g/mol. The minimum atomic E-state index is 0.762. The van der Waals surface area contributed by atoms with Crippen LogP contribution in [0.5, 0.6) is 5.75 Å². The summed E-state index contributed by atoms with van der Waals surface area (Å²) in [7, 11) is 0. The lowest BCUT2D eigenvalue weighted by atomic mass is 10.2. The van der Waals surface area contributed by atoms with Crippen LogP contribution in [-0.4, -0.2) is 18.2 Å². The molecule has 0 aliphatic carbocycles. The van der Waals surface area contributed by atoms with Gasteiger partial charge in [-0.25, -0.2) is 0 Å².